The summed E-state index contributed by atoms with van der Waals surface area (Å²) in [4.78, 5) is 35.4. The van der Waals surface area contributed by atoms with Crippen LogP contribution in [0, 0.1) is 11.3 Å². The normalized spacial score (nSPS) is 10.5. The number of benzene rings is 2. The van der Waals surface area contributed by atoms with Crippen molar-refractivity contribution in [3.8, 4) is 17.6 Å². The lowest BCUT2D eigenvalue weighted by atomic mass is 10.1. The van der Waals surface area contributed by atoms with E-state index < -0.39 is 17.8 Å². The molecule has 0 aliphatic heterocycles. The second kappa shape index (κ2) is 9.71. The number of nitrogens with zero attached hydrogens (tertiary/aromatic N) is 1. The van der Waals surface area contributed by atoms with E-state index in [1.54, 1.807) is 36.4 Å². The summed E-state index contributed by atoms with van der Waals surface area (Å²) in [7, 11) is 1.41. The SMILES string of the molecule is COc1cc(/C=C(\NC(C)=O)C(=O)Nc2ccccc2C#N)ccc1OC(C)=O. The molecule has 0 aliphatic rings. The van der Waals surface area contributed by atoms with E-state index in [9.17, 15) is 14.4 Å². The highest BCUT2D eigenvalue weighted by atomic mass is 16.6. The highest BCUT2D eigenvalue weighted by Gasteiger charge is 2.14. The van der Waals surface area contributed by atoms with E-state index in [2.05, 4.69) is 10.6 Å². The molecule has 0 saturated heterocycles. The number of nitriles is 1. The summed E-state index contributed by atoms with van der Waals surface area (Å²) in [5.74, 6) is -1.03. The Balaban J connectivity index is 2.37. The minimum atomic E-state index is -0.606. The Hall–Kier alpha value is -4.12. The summed E-state index contributed by atoms with van der Waals surface area (Å²) in [6.07, 6.45) is 1.44. The fraction of sp³-hybridized carbons (Fsp3) is 0.143. The summed E-state index contributed by atoms with van der Waals surface area (Å²) in [6.45, 7) is 2.54. The predicted molar refractivity (Wildman–Crippen MR) is 106 cm³/mol. The van der Waals surface area contributed by atoms with E-state index >= 15 is 0 Å². The van der Waals surface area contributed by atoms with Gasteiger partial charge >= 0.3 is 5.97 Å². The molecule has 0 aliphatic carbocycles. The molecule has 29 heavy (non-hydrogen) atoms. The molecule has 2 aromatic rings. The number of rotatable bonds is 6. The molecule has 8 nitrogen and oxygen atoms in total. The van der Waals surface area contributed by atoms with Gasteiger partial charge in [0, 0.05) is 13.8 Å². The molecule has 0 atom stereocenters. The van der Waals surface area contributed by atoms with Crippen LogP contribution in [0.3, 0.4) is 0 Å². The first-order chi connectivity index (χ1) is 13.8. The van der Waals surface area contributed by atoms with Crippen LogP contribution in [0.4, 0.5) is 5.69 Å². The van der Waals surface area contributed by atoms with Crippen molar-refractivity contribution in [2.45, 2.75) is 13.8 Å². The molecule has 0 radical (unpaired) electrons. The van der Waals surface area contributed by atoms with Crippen molar-refractivity contribution >= 4 is 29.5 Å². The zero-order valence-corrected chi connectivity index (χ0v) is 16.1. The average molecular weight is 393 g/mol. The number of nitrogens with one attached hydrogen (secondary N) is 2. The largest absolute Gasteiger partial charge is 0.493 e. The molecule has 0 aromatic heterocycles. The van der Waals surface area contributed by atoms with Gasteiger partial charge in [-0.15, -0.1) is 0 Å². The van der Waals surface area contributed by atoms with Gasteiger partial charge in [0.2, 0.25) is 5.91 Å². The molecular formula is C21H19N3O5. The van der Waals surface area contributed by atoms with Crippen LogP contribution < -0.4 is 20.1 Å². The van der Waals surface area contributed by atoms with Crippen LogP contribution in [0.2, 0.25) is 0 Å². The molecule has 0 fully saturated rings. The monoisotopic (exact) mass is 393 g/mol. The molecule has 148 valence electrons. The Bertz CT molecular complexity index is 1020. The zero-order valence-electron chi connectivity index (χ0n) is 16.1. The molecule has 2 aromatic carbocycles. The van der Waals surface area contributed by atoms with E-state index in [0.717, 1.165) is 0 Å². The van der Waals surface area contributed by atoms with Gasteiger partial charge in [-0.3, -0.25) is 14.4 Å². The predicted octanol–water partition coefficient (Wildman–Crippen LogP) is 2.61. The molecule has 0 saturated carbocycles. The van der Waals surface area contributed by atoms with E-state index in [0.29, 0.717) is 11.3 Å². The lowest BCUT2D eigenvalue weighted by molar-refractivity contribution is -0.132. The molecule has 8 heteroatoms. The number of esters is 1. The van der Waals surface area contributed by atoms with E-state index in [1.807, 2.05) is 6.07 Å². The molecular weight excluding hydrogens is 374 g/mol. The topological polar surface area (TPSA) is 118 Å². The summed E-state index contributed by atoms with van der Waals surface area (Å²) in [5.41, 5.74) is 1.09. The maximum atomic E-state index is 12.7. The average Bonchev–Trinajstić information content (AvgIpc) is 2.68. The van der Waals surface area contributed by atoms with Crippen molar-refractivity contribution in [2.75, 3.05) is 12.4 Å². The Morgan fingerprint density at radius 3 is 2.41 bits per heavy atom. The van der Waals surface area contributed by atoms with Gasteiger partial charge in [0.1, 0.15) is 11.8 Å². The standard InChI is InChI=1S/C21H19N3O5/c1-13(25)23-18(21(27)24-17-7-5-4-6-16(17)12-22)10-15-8-9-19(29-14(2)26)20(11-15)28-3/h4-11H,1-3H3,(H,23,25)(H,24,27)/b18-10-. The Morgan fingerprint density at radius 2 is 1.79 bits per heavy atom. The number of methoxy groups -OCH3 is 1. The van der Waals surface area contributed by atoms with E-state index in [-0.39, 0.29) is 22.8 Å². The van der Waals surface area contributed by atoms with Gasteiger partial charge in [-0.25, -0.2) is 0 Å². The van der Waals surface area contributed by atoms with Crippen molar-refractivity contribution in [3.05, 3.63) is 59.3 Å². The Kier molecular flexibility index (Phi) is 7.09. The minimum absolute atomic E-state index is 0.0347. The maximum absolute atomic E-state index is 12.7. The lowest BCUT2D eigenvalue weighted by Gasteiger charge is -2.12. The number of para-hydroxylation sites is 1. The molecule has 0 bridgehead atoms. The smallest absolute Gasteiger partial charge is 0.308 e. The first-order valence-electron chi connectivity index (χ1n) is 8.50. The second-order valence-electron chi connectivity index (χ2n) is 5.85. The van der Waals surface area contributed by atoms with Crippen molar-refractivity contribution in [1.82, 2.24) is 5.32 Å². The summed E-state index contributed by atoms with van der Waals surface area (Å²) < 4.78 is 10.3. The molecule has 2 amide bonds. The molecule has 2 rings (SSSR count). The highest BCUT2D eigenvalue weighted by molar-refractivity contribution is 6.09. The maximum Gasteiger partial charge on any atom is 0.308 e. The van der Waals surface area contributed by atoms with Crippen LogP contribution in [0.25, 0.3) is 6.08 Å². The van der Waals surface area contributed by atoms with Gasteiger partial charge < -0.3 is 20.1 Å². The highest BCUT2D eigenvalue weighted by Crippen LogP contribution is 2.29. The second-order valence-corrected chi connectivity index (χ2v) is 5.85. The number of hydrogen-bond acceptors (Lipinski definition) is 6. The van der Waals surface area contributed by atoms with Crippen LogP contribution in [0.15, 0.2) is 48.2 Å². The first-order valence-corrected chi connectivity index (χ1v) is 8.50. The molecule has 0 heterocycles. The fourth-order valence-corrected chi connectivity index (χ4v) is 2.41. The number of carbonyl (C=O) groups excluding carboxylic acids is 3. The minimum Gasteiger partial charge on any atom is -0.493 e. The first kappa shape index (κ1) is 21.2. The quantitative estimate of drug-likeness (QED) is 0.443. The number of ether oxygens (including phenoxy) is 2. The van der Waals surface area contributed by atoms with Crippen LogP contribution in [0.5, 0.6) is 11.5 Å². The molecule has 0 spiro atoms. The van der Waals surface area contributed by atoms with Crippen molar-refractivity contribution in [2.24, 2.45) is 0 Å². The third kappa shape index (κ3) is 5.94. The van der Waals surface area contributed by atoms with Gasteiger partial charge in [-0.1, -0.05) is 18.2 Å². The van der Waals surface area contributed by atoms with Gasteiger partial charge in [-0.05, 0) is 35.9 Å². The summed E-state index contributed by atoms with van der Waals surface area (Å²) >= 11 is 0. The van der Waals surface area contributed by atoms with Gasteiger partial charge in [0.05, 0.1) is 18.4 Å². The van der Waals surface area contributed by atoms with Gasteiger partial charge in [0.25, 0.3) is 5.91 Å². The summed E-state index contributed by atoms with van der Waals surface area (Å²) in [6, 6.07) is 13.2. The van der Waals surface area contributed by atoms with Gasteiger partial charge in [0.15, 0.2) is 11.5 Å². The van der Waals surface area contributed by atoms with Crippen LogP contribution in [-0.4, -0.2) is 24.9 Å². The lowest BCUT2D eigenvalue weighted by Crippen LogP contribution is -2.29. The molecule has 2 N–H and O–H groups in total. The van der Waals surface area contributed by atoms with Gasteiger partial charge in [-0.2, -0.15) is 5.26 Å². The van der Waals surface area contributed by atoms with E-state index in [1.165, 1.54) is 33.1 Å². The zero-order chi connectivity index (χ0) is 21.4. The third-order valence-electron chi connectivity index (χ3n) is 3.60. The number of hydrogen-bond donors (Lipinski definition) is 2. The van der Waals surface area contributed by atoms with Crippen LogP contribution >= 0.6 is 0 Å². The van der Waals surface area contributed by atoms with Crippen molar-refractivity contribution < 1.29 is 23.9 Å². The van der Waals surface area contributed by atoms with Crippen molar-refractivity contribution in [3.63, 3.8) is 0 Å². The van der Waals surface area contributed by atoms with Crippen LogP contribution in [0.1, 0.15) is 25.0 Å². The fourth-order valence-electron chi connectivity index (χ4n) is 2.41. The number of anilines is 1. The molecule has 0 unspecified atom stereocenters. The Morgan fingerprint density at radius 1 is 1.07 bits per heavy atom. The van der Waals surface area contributed by atoms with Crippen LogP contribution in [-0.2, 0) is 14.4 Å². The van der Waals surface area contributed by atoms with E-state index in [4.69, 9.17) is 14.7 Å². The third-order valence-corrected chi connectivity index (χ3v) is 3.60. The van der Waals surface area contributed by atoms with Crippen molar-refractivity contribution in [1.29, 1.82) is 5.26 Å². The number of amides is 2. The number of carbonyl (C=O) groups is 3. The Labute approximate surface area is 167 Å². The summed E-state index contributed by atoms with van der Waals surface area (Å²) in [5, 5.41) is 14.2.